The summed E-state index contributed by atoms with van der Waals surface area (Å²) in [6.45, 7) is -0.155. The van der Waals surface area contributed by atoms with Gasteiger partial charge in [-0.3, -0.25) is 19.5 Å². The number of rotatable bonds is 7. The van der Waals surface area contributed by atoms with Crippen LogP contribution in [-0.2, 0) is 14.3 Å². The first-order valence-electron chi connectivity index (χ1n) is 13.8. The number of hydrogen-bond donors (Lipinski definition) is 1. The highest BCUT2D eigenvalue weighted by Gasteiger charge is 2.44. The summed E-state index contributed by atoms with van der Waals surface area (Å²) >= 11 is 6.55. The molecule has 1 aliphatic carbocycles. The molecule has 2 atom stereocenters. The lowest BCUT2D eigenvalue weighted by molar-refractivity contribution is -0.128. The maximum Gasteiger partial charge on any atom is 0.416 e. The minimum absolute atomic E-state index is 0.00654. The Morgan fingerprint density at radius 2 is 1.91 bits per heavy atom. The predicted octanol–water partition coefficient (Wildman–Crippen LogP) is 5.32. The van der Waals surface area contributed by atoms with E-state index in [-0.39, 0.29) is 53.5 Å². The Hall–Kier alpha value is -4.70. The number of alkyl halides is 2. The number of nitriles is 1. The molecule has 0 radical (unpaired) electrons. The van der Waals surface area contributed by atoms with Crippen LogP contribution in [0.3, 0.4) is 0 Å². The van der Waals surface area contributed by atoms with Gasteiger partial charge in [-0.2, -0.15) is 5.26 Å². The third-order valence-electron chi connectivity index (χ3n) is 7.51. The SMILES string of the molecule is N#Cc1ccnc(N2C(=O)OCC[C@H]2C(=O)N(c2cncc(F)c2)[C@H](C(=O)NC2CCC(F)(F)CC2)c2ccccc2Cl)c1. The minimum atomic E-state index is -2.84. The zero-order valence-corrected chi connectivity index (χ0v) is 23.9. The first-order valence-corrected chi connectivity index (χ1v) is 14.1. The van der Waals surface area contributed by atoms with Crippen LogP contribution in [0.15, 0.2) is 61.1 Å². The number of benzene rings is 1. The number of anilines is 2. The van der Waals surface area contributed by atoms with Crippen molar-refractivity contribution in [3.8, 4) is 6.07 Å². The van der Waals surface area contributed by atoms with Crippen molar-refractivity contribution in [3.63, 3.8) is 0 Å². The zero-order valence-electron chi connectivity index (χ0n) is 23.1. The van der Waals surface area contributed by atoms with Crippen molar-refractivity contribution in [1.29, 1.82) is 5.26 Å². The first-order chi connectivity index (χ1) is 21.1. The Morgan fingerprint density at radius 1 is 1.16 bits per heavy atom. The summed E-state index contributed by atoms with van der Waals surface area (Å²) in [5.41, 5.74) is 0.208. The van der Waals surface area contributed by atoms with Gasteiger partial charge in [-0.1, -0.05) is 29.8 Å². The van der Waals surface area contributed by atoms with E-state index >= 15 is 0 Å². The Kier molecular flexibility index (Phi) is 9.01. The first kappa shape index (κ1) is 30.7. The summed E-state index contributed by atoms with van der Waals surface area (Å²) in [4.78, 5) is 51.7. The molecule has 0 unspecified atom stereocenters. The van der Waals surface area contributed by atoms with E-state index in [0.29, 0.717) is 0 Å². The summed E-state index contributed by atoms with van der Waals surface area (Å²) < 4.78 is 47.5. The summed E-state index contributed by atoms with van der Waals surface area (Å²) in [6.07, 6.45) is 1.60. The van der Waals surface area contributed by atoms with Crippen LogP contribution < -0.4 is 15.1 Å². The molecule has 14 heteroatoms. The van der Waals surface area contributed by atoms with Crippen LogP contribution >= 0.6 is 11.6 Å². The van der Waals surface area contributed by atoms with Crippen molar-refractivity contribution in [2.24, 2.45) is 0 Å². The van der Waals surface area contributed by atoms with Gasteiger partial charge in [-0.15, -0.1) is 0 Å². The molecule has 5 rings (SSSR count). The second kappa shape index (κ2) is 12.9. The van der Waals surface area contributed by atoms with E-state index in [1.165, 1.54) is 36.7 Å². The quantitative estimate of drug-likeness (QED) is 0.376. The van der Waals surface area contributed by atoms with Gasteiger partial charge < -0.3 is 10.1 Å². The summed E-state index contributed by atoms with van der Waals surface area (Å²) in [5.74, 6) is -5.27. The molecule has 3 aromatic rings. The van der Waals surface area contributed by atoms with Crippen LogP contribution in [0.5, 0.6) is 0 Å². The molecule has 2 fully saturated rings. The second-order valence-corrected chi connectivity index (χ2v) is 10.8. The predicted molar refractivity (Wildman–Crippen MR) is 152 cm³/mol. The lowest BCUT2D eigenvalue weighted by Crippen LogP contribution is -2.57. The van der Waals surface area contributed by atoms with Gasteiger partial charge in [0, 0.05) is 48.2 Å². The number of hydrogen-bond acceptors (Lipinski definition) is 7. The summed E-state index contributed by atoms with van der Waals surface area (Å²) in [5, 5.41) is 12.3. The largest absolute Gasteiger partial charge is 0.449 e. The number of nitrogens with one attached hydrogen (secondary N) is 1. The molecule has 2 aromatic heterocycles. The number of cyclic esters (lactones) is 1. The van der Waals surface area contributed by atoms with Gasteiger partial charge in [0.15, 0.2) is 0 Å². The highest BCUT2D eigenvalue weighted by atomic mass is 35.5. The molecule has 0 spiro atoms. The maximum absolute atomic E-state index is 14.6. The number of halogens is 4. The minimum Gasteiger partial charge on any atom is -0.449 e. The van der Waals surface area contributed by atoms with E-state index in [4.69, 9.17) is 16.3 Å². The van der Waals surface area contributed by atoms with Gasteiger partial charge in [0.2, 0.25) is 11.8 Å². The molecule has 228 valence electrons. The number of carbonyl (C=O) groups excluding carboxylic acids is 3. The van der Waals surface area contributed by atoms with E-state index < -0.39 is 60.6 Å². The van der Waals surface area contributed by atoms with E-state index in [9.17, 15) is 32.8 Å². The molecule has 1 saturated heterocycles. The fraction of sp³-hybridized carbons (Fsp3) is 0.333. The Morgan fingerprint density at radius 3 is 2.61 bits per heavy atom. The van der Waals surface area contributed by atoms with Crippen LogP contribution in [0.1, 0.15) is 49.3 Å². The van der Waals surface area contributed by atoms with Crippen LogP contribution in [0.25, 0.3) is 0 Å². The number of pyridine rings is 2. The van der Waals surface area contributed by atoms with Crippen LogP contribution in [0.4, 0.5) is 29.5 Å². The van der Waals surface area contributed by atoms with Crippen LogP contribution in [0.2, 0.25) is 5.02 Å². The zero-order chi connectivity index (χ0) is 31.4. The average Bonchev–Trinajstić information content (AvgIpc) is 3.01. The second-order valence-electron chi connectivity index (χ2n) is 10.4. The number of ether oxygens (including phenoxy) is 1. The van der Waals surface area contributed by atoms with E-state index in [1.807, 2.05) is 6.07 Å². The average molecular weight is 627 g/mol. The smallest absolute Gasteiger partial charge is 0.416 e. The van der Waals surface area contributed by atoms with Gasteiger partial charge in [0.05, 0.1) is 36.3 Å². The molecule has 44 heavy (non-hydrogen) atoms. The van der Waals surface area contributed by atoms with E-state index in [1.54, 1.807) is 12.1 Å². The molecule has 3 amide bonds. The van der Waals surface area contributed by atoms with Gasteiger partial charge in [0.25, 0.3) is 5.91 Å². The Labute approximate surface area is 255 Å². The summed E-state index contributed by atoms with van der Waals surface area (Å²) in [6, 6.07) is 8.44. The number of aromatic nitrogens is 2. The van der Waals surface area contributed by atoms with Gasteiger partial charge in [0.1, 0.15) is 23.7 Å². The standard InChI is InChI=1S/C30H26ClF3N6O4/c31-23-4-2-1-3-22(23)26(27(41)38-20-5-9-30(33,34)10-6-20)39(21-14-19(32)16-36-17-21)28(42)24-8-12-44-29(43)40(24)25-13-18(15-35)7-11-37-25/h1-4,7,11,13-14,16-17,20,24,26H,5-6,8-10,12H2,(H,38,41)/t24-,26-/m0/s1. The Balaban J connectivity index is 1.61. The fourth-order valence-corrected chi connectivity index (χ4v) is 5.59. The number of carbonyl (C=O) groups is 3. The van der Waals surface area contributed by atoms with Crippen LogP contribution in [-0.4, -0.2) is 52.5 Å². The molecule has 1 aliphatic heterocycles. The van der Waals surface area contributed by atoms with Crippen molar-refractivity contribution in [1.82, 2.24) is 15.3 Å². The fourth-order valence-electron chi connectivity index (χ4n) is 5.35. The maximum atomic E-state index is 14.6. The topological polar surface area (TPSA) is 129 Å². The third-order valence-corrected chi connectivity index (χ3v) is 7.85. The Bertz CT molecular complexity index is 1610. The summed E-state index contributed by atoms with van der Waals surface area (Å²) in [7, 11) is 0. The molecule has 0 bridgehead atoms. The van der Waals surface area contributed by atoms with Gasteiger partial charge in [-0.25, -0.2) is 27.8 Å². The van der Waals surface area contributed by atoms with Crippen molar-refractivity contribution in [2.75, 3.05) is 16.4 Å². The number of amides is 3. The van der Waals surface area contributed by atoms with E-state index in [2.05, 4.69) is 15.3 Å². The van der Waals surface area contributed by atoms with E-state index in [0.717, 1.165) is 22.1 Å². The monoisotopic (exact) mass is 626 g/mol. The molecular formula is C30H26ClF3N6O4. The van der Waals surface area contributed by atoms with Crippen molar-refractivity contribution in [2.45, 2.75) is 56.2 Å². The van der Waals surface area contributed by atoms with Crippen LogP contribution in [0, 0.1) is 17.1 Å². The molecule has 10 nitrogen and oxygen atoms in total. The lowest BCUT2D eigenvalue weighted by atomic mass is 9.91. The molecule has 1 saturated carbocycles. The van der Waals surface area contributed by atoms with Crippen molar-refractivity contribution in [3.05, 3.63) is 83.0 Å². The lowest BCUT2D eigenvalue weighted by Gasteiger charge is -2.39. The normalized spacial score (nSPS) is 18.9. The molecule has 1 N–H and O–H groups in total. The third kappa shape index (κ3) is 6.60. The van der Waals surface area contributed by atoms with Gasteiger partial charge in [-0.05, 0) is 31.0 Å². The molecule has 2 aliphatic rings. The highest BCUT2D eigenvalue weighted by molar-refractivity contribution is 6.31. The van der Waals surface area contributed by atoms with Crippen molar-refractivity contribution < 1.29 is 32.3 Å². The molecule has 3 heterocycles. The van der Waals surface area contributed by atoms with Crippen molar-refractivity contribution >= 4 is 41.0 Å². The molecule has 1 aromatic carbocycles. The van der Waals surface area contributed by atoms with Gasteiger partial charge >= 0.3 is 6.09 Å². The highest BCUT2D eigenvalue weighted by Crippen LogP contribution is 2.37. The molecular weight excluding hydrogens is 601 g/mol. The number of nitrogens with zero attached hydrogens (tertiary/aromatic N) is 5.